The van der Waals surface area contributed by atoms with Gasteiger partial charge in [-0.05, 0) is 30.7 Å². The van der Waals surface area contributed by atoms with Crippen molar-refractivity contribution < 1.29 is 19.1 Å². The Morgan fingerprint density at radius 3 is 2.75 bits per heavy atom. The first-order chi connectivity index (χ1) is 9.60. The van der Waals surface area contributed by atoms with Gasteiger partial charge in [-0.1, -0.05) is 0 Å². The minimum Gasteiger partial charge on any atom is -0.495 e. The Morgan fingerprint density at radius 1 is 1.45 bits per heavy atom. The monoisotopic (exact) mass is 278 g/mol. The summed E-state index contributed by atoms with van der Waals surface area (Å²) >= 11 is 0. The fraction of sp³-hybridized carbons (Fsp3) is 0.429. The first-order valence-electron chi connectivity index (χ1n) is 6.37. The van der Waals surface area contributed by atoms with E-state index in [-0.39, 0.29) is 11.8 Å². The van der Waals surface area contributed by atoms with Gasteiger partial charge in [-0.25, -0.2) is 4.79 Å². The number of rotatable bonds is 4. The maximum atomic E-state index is 12.1. The highest BCUT2D eigenvalue weighted by atomic mass is 16.5. The van der Waals surface area contributed by atoms with E-state index < -0.39 is 5.97 Å². The van der Waals surface area contributed by atoms with E-state index in [1.807, 2.05) is 0 Å². The summed E-state index contributed by atoms with van der Waals surface area (Å²) in [5, 5.41) is 0. The van der Waals surface area contributed by atoms with Crippen LogP contribution in [0.1, 0.15) is 16.8 Å². The molecule has 1 aromatic carbocycles. The molecule has 1 aliphatic heterocycles. The third-order valence-electron chi connectivity index (χ3n) is 3.43. The molecule has 0 spiro atoms. The smallest absolute Gasteiger partial charge is 0.337 e. The molecule has 2 rings (SSSR count). The van der Waals surface area contributed by atoms with Crippen molar-refractivity contribution in [2.75, 3.05) is 32.2 Å². The molecule has 1 atom stereocenters. The van der Waals surface area contributed by atoms with Crippen molar-refractivity contribution in [2.24, 2.45) is 11.7 Å². The summed E-state index contributed by atoms with van der Waals surface area (Å²) in [5.41, 5.74) is 6.58. The number of methoxy groups -OCH3 is 2. The number of hydrogen-bond acceptors (Lipinski definition) is 5. The molecule has 0 aliphatic carbocycles. The number of nitrogens with two attached hydrogens (primary N) is 1. The lowest BCUT2D eigenvalue weighted by Crippen LogP contribution is -2.26. The zero-order chi connectivity index (χ0) is 14.7. The van der Waals surface area contributed by atoms with Gasteiger partial charge in [-0.3, -0.25) is 4.79 Å². The number of nitrogens with zero attached hydrogens (tertiary/aromatic N) is 1. The minimum absolute atomic E-state index is 0.0132. The largest absolute Gasteiger partial charge is 0.495 e. The first kappa shape index (κ1) is 14.3. The number of carbonyl (C=O) groups is 2. The summed E-state index contributed by atoms with van der Waals surface area (Å²) < 4.78 is 9.96. The van der Waals surface area contributed by atoms with E-state index in [0.29, 0.717) is 36.5 Å². The van der Waals surface area contributed by atoms with E-state index in [1.165, 1.54) is 14.2 Å². The quantitative estimate of drug-likeness (QED) is 0.824. The molecule has 20 heavy (non-hydrogen) atoms. The number of benzene rings is 1. The lowest BCUT2D eigenvalue weighted by molar-refractivity contribution is -0.117. The van der Waals surface area contributed by atoms with Crippen LogP contribution in [0.25, 0.3) is 0 Å². The Balaban J connectivity index is 2.38. The van der Waals surface area contributed by atoms with Crippen LogP contribution in [0.2, 0.25) is 0 Å². The Hall–Kier alpha value is -2.08. The molecule has 1 aliphatic rings. The van der Waals surface area contributed by atoms with Gasteiger partial charge in [-0.2, -0.15) is 0 Å². The van der Waals surface area contributed by atoms with Crippen molar-refractivity contribution in [1.29, 1.82) is 0 Å². The zero-order valence-electron chi connectivity index (χ0n) is 11.6. The van der Waals surface area contributed by atoms with E-state index in [9.17, 15) is 9.59 Å². The summed E-state index contributed by atoms with van der Waals surface area (Å²) in [6.45, 7) is 0.998. The molecule has 1 aromatic rings. The van der Waals surface area contributed by atoms with Crippen LogP contribution in [0.4, 0.5) is 5.69 Å². The molecule has 1 amide bonds. The standard InChI is InChI=1S/C14H18N2O4/c1-19-12-4-3-10(14(18)20-2)6-11(12)16-8-9(7-15)5-13(16)17/h3-4,6,9H,5,7-8,15H2,1-2H3. The van der Waals surface area contributed by atoms with Crippen LogP contribution in [0.15, 0.2) is 18.2 Å². The second-order valence-electron chi connectivity index (χ2n) is 4.69. The van der Waals surface area contributed by atoms with Crippen LogP contribution in [-0.2, 0) is 9.53 Å². The summed E-state index contributed by atoms with van der Waals surface area (Å²) in [6, 6.07) is 4.88. The number of carbonyl (C=O) groups excluding carboxylic acids is 2. The first-order valence-corrected chi connectivity index (χ1v) is 6.37. The van der Waals surface area contributed by atoms with E-state index in [4.69, 9.17) is 15.2 Å². The number of esters is 1. The van der Waals surface area contributed by atoms with Gasteiger partial charge in [0.05, 0.1) is 25.5 Å². The normalized spacial score (nSPS) is 18.2. The van der Waals surface area contributed by atoms with Gasteiger partial charge in [0.25, 0.3) is 0 Å². The lowest BCUT2D eigenvalue weighted by Gasteiger charge is -2.20. The van der Waals surface area contributed by atoms with Crippen LogP contribution in [0.3, 0.4) is 0 Å². The van der Waals surface area contributed by atoms with Crippen LogP contribution in [-0.4, -0.2) is 39.2 Å². The third kappa shape index (κ3) is 2.60. The van der Waals surface area contributed by atoms with Crippen LogP contribution < -0.4 is 15.4 Å². The fourth-order valence-electron chi connectivity index (χ4n) is 2.32. The predicted octanol–water partition coefficient (Wildman–Crippen LogP) is 0.793. The molecule has 1 fully saturated rings. The molecule has 0 bridgehead atoms. The van der Waals surface area contributed by atoms with Gasteiger partial charge < -0.3 is 20.1 Å². The molecule has 6 heteroatoms. The van der Waals surface area contributed by atoms with E-state index in [1.54, 1.807) is 23.1 Å². The Labute approximate surface area is 117 Å². The lowest BCUT2D eigenvalue weighted by atomic mass is 10.1. The number of anilines is 1. The maximum Gasteiger partial charge on any atom is 0.337 e. The van der Waals surface area contributed by atoms with E-state index in [0.717, 1.165) is 0 Å². The Bertz CT molecular complexity index is 530. The molecule has 108 valence electrons. The number of hydrogen-bond donors (Lipinski definition) is 1. The van der Waals surface area contributed by atoms with E-state index >= 15 is 0 Å². The van der Waals surface area contributed by atoms with Gasteiger partial charge in [0, 0.05) is 13.0 Å². The van der Waals surface area contributed by atoms with Crippen molar-refractivity contribution >= 4 is 17.6 Å². The van der Waals surface area contributed by atoms with Crippen molar-refractivity contribution in [3.05, 3.63) is 23.8 Å². The summed E-state index contributed by atoms with van der Waals surface area (Å²) in [6.07, 6.45) is 0.419. The highest BCUT2D eigenvalue weighted by Gasteiger charge is 2.31. The van der Waals surface area contributed by atoms with Gasteiger partial charge in [0.15, 0.2) is 0 Å². The average molecular weight is 278 g/mol. The average Bonchev–Trinajstić information content (AvgIpc) is 2.86. The van der Waals surface area contributed by atoms with Crippen molar-refractivity contribution in [3.8, 4) is 5.75 Å². The highest BCUT2D eigenvalue weighted by molar-refractivity contribution is 5.99. The molecule has 1 unspecified atom stereocenters. The van der Waals surface area contributed by atoms with E-state index in [2.05, 4.69) is 0 Å². The topological polar surface area (TPSA) is 81.9 Å². The minimum atomic E-state index is -0.448. The van der Waals surface area contributed by atoms with Gasteiger partial charge in [0.1, 0.15) is 5.75 Å². The molecule has 0 aromatic heterocycles. The molecule has 1 saturated heterocycles. The molecular formula is C14H18N2O4. The van der Waals surface area contributed by atoms with Crippen LogP contribution in [0, 0.1) is 5.92 Å². The second kappa shape index (κ2) is 5.92. The third-order valence-corrected chi connectivity index (χ3v) is 3.43. The summed E-state index contributed by atoms with van der Waals surface area (Å²) in [7, 11) is 2.84. The molecule has 0 radical (unpaired) electrons. The van der Waals surface area contributed by atoms with Gasteiger partial charge in [-0.15, -0.1) is 0 Å². The van der Waals surface area contributed by atoms with Crippen molar-refractivity contribution in [2.45, 2.75) is 6.42 Å². The van der Waals surface area contributed by atoms with Gasteiger partial charge >= 0.3 is 5.97 Å². The second-order valence-corrected chi connectivity index (χ2v) is 4.69. The van der Waals surface area contributed by atoms with Gasteiger partial charge in [0.2, 0.25) is 5.91 Å². The summed E-state index contributed by atoms with van der Waals surface area (Å²) in [5.74, 6) is 0.217. The summed E-state index contributed by atoms with van der Waals surface area (Å²) in [4.78, 5) is 25.3. The van der Waals surface area contributed by atoms with Crippen LogP contribution in [0.5, 0.6) is 5.75 Å². The van der Waals surface area contributed by atoms with Crippen molar-refractivity contribution in [3.63, 3.8) is 0 Å². The molecule has 0 saturated carbocycles. The fourth-order valence-corrected chi connectivity index (χ4v) is 2.32. The van der Waals surface area contributed by atoms with Crippen LogP contribution >= 0.6 is 0 Å². The SMILES string of the molecule is COC(=O)c1ccc(OC)c(N2CC(CN)CC2=O)c1. The Kier molecular flexibility index (Phi) is 4.24. The van der Waals surface area contributed by atoms with Crippen molar-refractivity contribution in [1.82, 2.24) is 0 Å². The highest BCUT2D eigenvalue weighted by Crippen LogP contribution is 2.33. The number of amides is 1. The number of ether oxygens (including phenoxy) is 2. The Morgan fingerprint density at radius 2 is 2.20 bits per heavy atom. The molecule has 6 nitrogen and oxygen atoms in total. The molecule has 1 heterocycles. The molecular weight excluding hydrogens is 260 g/mol. The maximum absolute atomic E-state index is 12.1. The predicted molar refractivity (Wildman–Crippen MR) is 73.8 cm³/mol. The molecule has 2 N–H and O–H groups in total. The zero-order valence-corrected chi connectivity index (χ0v) is 11.6.